The van der Waals surface area contributed by atoms with Crippen LogP contribution in [-0.4, -0.2) is 36.4 Å². The summed E-state index contributed by atoms with van der Waals surface area (Å²) in [5, 5.41) is 8.18. The fourth-order valence-electron chi connectivity index (χ4n) is 3.20. The molecule has 0 radical (unpaired) electrons. The third-order valence-corrected chi connectivity index (χ3v) is 4.53. The summed E-state index contributed by atoms with van der Waals surface area (Å²) in [5.74, 6) is 0.991. The molecule has 1 aliphatic heterocycles. The van der Waals surface area contributed by atoms with Crippen LogP contribution in [0.4, 0.5) is 5.82 Å². The van der Waals surface area contributed by atoms with Crippen LogP contribution in [0.1, 0.15) is 34.5 Å². The van der Waals surface area contributed by atoms with E-state index in [9.17, 15) is 4.79 Å². The van der Waals surface area contributed by atoms with Crippen molar-refractivity contribution in [1.29, 1.82) is 0 Å². The fourth-order valence-corrected chi connectivity index (χ4v) is 3.20. The molecule has 126 valence electrons. The Kier molecular flexibility index (Phi) is 5.08. The number of rotatable bonds is 4. The van der Waals surface area contributed by atoms with Crippen molar-refractivity contribution in [3.63, 3.8) is 0 Å². The molecule has 0 aliphatic carbocycles. The van der Waals surface area contributed by atoms with Crippen LogP contribution in [-0.2, 0) is 11.2 Å². The lowest BCUT2D eigenvalue weighted by atomic mass is 9.91. The maximum Gasteiger partial charge on any atom is 0.358 e. The Hall–Kier alpha value is -2.43. The number of ether oxygens (including phenoxy) is 1. The van der Waals surface area contributed by atoms with Gasteiger partial charge in [0.05, 0.1) is 7.11 Å². The number of anilines is 1. The Labute approximate surface area is 142 Å². The summed E-state index contributed by atoms with van der Waals surface area (Å²) >= 11 is 0. The predicted molar refractivity (Wildman–Crippen MR) is 93.2 cm³/mol. The minimum absolute atomic E-state index is 0.245. The Balaban J connectivity index is 1.64. The molecule has 1 atom stereocenters. The molecular formula is C19H23N3O2. The number of hydrogen-bond donors (Lipinski definition) is 0. The average Bonchev–Trinajstić information content (AvgIpc) is 2.63. The van der Waals surface area contributed by atoms with Gasteiger partial charge in [0.1, 0.15) is 0 Å². The zero-order valence-corrected chi connectivity index (χ0v) is 14.2. The van der Waals surface area contributed by atoms with Gasteiger partial charge in [0.25, 0.3) is 0 Å². The molecule has 0 N–H and O–H groups in total. The van der Waals surface area contributed by atoms with E-state index in [1.54, 1.807) is 6.07 Å². The highest BCUT2D eigenvalue weighted by molar-refractivity contribution is 5.86. The normalized spacial score (nSPS) is 17.6. The van der Waals surface area contributed by atoms with E-state index in [0.29, 0.717) is 5.92 Å². The monoisotopic (exact) mass is 325 g/mol. The van der Waals surface area contributed by atoms with E-state index in [0.717, 1.165) is 31.7 Å². The van der Waals surface area contributed by atoms with Gasteiger partial charge in [-0.2, -0.15) is 0 Å². The molecular weight excluding hydrogens is 302 g/mol. The Morgan fingerprint density at radius 2 is 2.00 bits per heavy atom. The maximum absolute atomic E-state index is 11.4. The largest absolute Gasteiger partial charge is 0.464 e. The number of aromatic nitrogens is 2. The third kappa shape index (κ3) is 3.91. The van der Waals surface area contributed by atoms with E-state index in [2.05, 4.69) is 51.0 Å². The van der Waals surface area contributed by atoms with Gasteiger partial charge in [-0.15, -0.1) is 10.2 Å². The summed E-state index contributed by atoms with van der Waals surface area (Å²) < 4.78 is 4.66. The second-order valence-electron chi connectivity index (χ2n) is 6.41. The van der Waals surface area contributed by atoms with Crippen LogP contribution in [0.3, 0.4) is 0 Å². The second kappa shape index (κ2) is 7.43. The van der Waals surface area contributed by atoms with E-state index >= 15 is 0 Å². The smallest absolute Gasteiger partial charge is 0.358 e. The SMILES string of the molecule is COC(=O)c1ccc(N2CCC[C@@H](Cc3ccc(C)cc3)C2)nn1. The molecule has 5 nitrogen and oxygen atoms in total. The van der Waals surface area contributed by atoms with Crippen LogP contribution in [0.15, 0.2) is 36.4 Å². The molecule has 1 aromatic carbocycles. The number of benzene rings is 1. The van der Waals surface area contributed by atoms with Gasteiger partial charge in [0.15, 0.2) is 11.5 Å². The summed E-state index contributed by atoms with van der Waals surface area (Å²) in [6, 6.07) is 12.3. The van der Waals surface area contributed by atoms with Gasteiger partial charge in [0.2, 0.25) is 0 Å². The summed E-state index contributed by atoms with van der Waals surface area (Å²) in [7, 11) is 1.35. The summed E-state index contributed by atoms with van der Waals surface area (Å²) in [5.41, 5.74) is 2.93. The first-order valence-corrected chi connectivity index (χ1v) is 8.38. The number of hydrogen-bond acceptors (Lipinski definition) is 5. The van der Waals surface area contributed by atoms with Crippen LogP contribution in [0.2, 0.25) is 0 Å². The number of carbonyl (C=O) groups is 1. The van der Waals surface area contributed by atoms with Crippen molar-refractivity contribution in [2.24, 2.45) is 5.92 Å². The topological polar surface area (TPSA) is 55.3 Å². The van der Waals surface area contributed by atoms with Gasteiger partial charge in [-0.25, -0.2) is 4.79 Å². The van der Waals surface area contributed by atoms with Gasteiger partial charge < -0.3 is 9.64 Å². The molecule has 0 amide bonds. The molecule has 1 saturated heterocycles. The molecule has 3 rings (SSSR count). The molecule has 2 aromatic rings. The van der Waals surface area contributed by atoms with Crippen LogP contribution in [0.5, 0.6) is 0 Å². The van der Waals surface area contributed by atoms with Crippen molar-refractivity contribution in [3.8, 4) is 0 Å². The number of esters is 1. The summed E-state index contributed by atoms with van der Waals surface area (Å²) in [4.78, 5) is 13.7. The number of piperidine rings is 1. The van der Waals surface area contributed by atoms with E-state index in [1.165, 1.54) is 24.7 Å². The predicted octanol–water partition coefficient (Wildman–Crippen LogP) is 3.03. The first kappa shape index (κ1) is 16.4. The first-order chi connectivity index (χ1) is 11.7. The quantitative estimate of drug-likeness (QED) is 0.809. The minimum Gasteiger partial charge on any atom is -0.464 e. The lowest BCUT2D eigenvalue weighted by Crippen LogP contribution is -2.37. The fraction of sp³-hybridized carbons (Fsp3) is 0.421. The molecule has 0 bridgehead atoms. The molecule has 5 heteroatoms. The molecule has 1 aromatic heterocycles. The van der Waals surface area contributed by atoms with E-state index in [-0.39, 0.29) is 5.69 Å². The van der Waals surface area contributed by atoms with Gasteiger partial charge in [-0.3, -0.25) is 0 Å². The van der Waals surface area contributed by atoms with E-state index in [4.69, 9.17) is 0 Å². The molecule has 1 aliphatic rings. The molecule has 0 saturated carbocycles. The Morgan fingerprint density at radius 1 is 1.21 bits per heavy atom. The second-order valence-corrected chi connectivity index (χ2v) is 6.41. The van der Waals surface area contributed by atoms with Gasteiger partial charge in [-0.1, -0.05) is 29.8 Å². The van der Waals surface area contributed by atoms with Crippen LogP contribution >= 0.6 is 0 Å². The van der Waals surface area contributed by atoms with Crippen LogP contribution in [0.25, 0.3) is 0 Å². The van der Waals surface area contributed by atoms with Gasteiger partial charge in [0, 0.05) is 13.1 Å². The zero-order chi connectivity index (χ0) is 16.9. The van der Waals surface area contributed by atoms with Gasteiger partial charge >= 0.3 is 5.97 Å². The molecule has 0 spiro atoms. The molecule has 0 unspecified atom stereocenters. The van der Waals surface area contributed by atoms with Crippen LogP contribution in [0, 0.1) is 12.8 Å². The first-order valence-electron chi connectivity index (χ1n) is 8.38. The van der Waals surface area contributed by atoms with Crippen molar-refractivity contribution in [1.82, 2.24) is 10.2 Å². The minimum atomic E-state index is -0.454. The Morgan fingerprint density at radius 3 is 2.67 bits per heavy atom. The highest BCUT2D eigenvalue weighted by atomic mass is 16.5. The number of methoxy groups -OCH3 is 1. The Bertz CT molecular complexity index is 683. The number of carbonyl (C=O) groups excluding carboxylic acids is 1. The zero-order valence-electron chi connectivity index (χ0n) is 14.2. The summed E-state index contributed by atoms with van der Waals surface area (Å²) in [6.07, 6.45) is 3.47. The molecule has 1 fully saturated rings. The van der Waals surface area contributed by atoms with E-state index in [1.807, 2.05) is 6.07 Å². The highest BCUT2D eigenvalue weighted by Crippen LogP contribution is 2.24. The molecule has 24 heavy (non-hydrogen) atoms. The lowest BCUT2D eigenvalue weighted by molar-refractivity contribution is 0.0592. The summed E-state index contributed by atoms with van der Waals surface area (Å²) in [6.45, 7) is 4.07. The standard InChI is InChI=1S/C19H23N3O2/c1-14-5-7-15(8-6-14)12-16-4-3-11-22(13-16)18-10-9-17(20-21-18)19(23)24-2/h5-10,16H,3-4,11-13H2,1-2H3/t16-/m0/s1. The average molecular weight is 325 g/mol. The lowest BCUT2D eigenvalue weighted by Gasteiger charge is -2.33. The van der Waals surface area contributed by atoms with Gasteiger partial charge in [-0.05, 0) is 49.8 Å². The number of aryl methyl sites for hydroxylation is 1. The van der Waals surface area contributed by atoms with Crippen molar-refractivity contribution in [2.45, 2.75) is 26.2 Å². The van der Waals surface area contributed by atoms with Crippen molar-refractivity contribution in [3.05, 3.63) is 53.2 Å². The highest BCUT2D eigenvalue weighted by Gasteiger charge is 2.22. The van der Waals surface area contributed by atoms with Crippen LogP contribution < -0.4 is 4.90 Å². The van der Waals surface area contributed by atoms with Crippen molar-refractivity contribution < 1.29 is 9.53 Å². The van der Waals surface area contributed by atoms with E-state index < -0.39 is 5.97 Å². The number of nitrogens with zero attached hydrogens (tertiary/aromatic N) is 3. The maximum atomic E-state index is 11.4. The van der Waals surface area contributed by atoms with Crippen molar-refractivity contribution in [2.75, 3.05) is 25.1 Å². The molecule has 2 heterocycles. The third-order valence-electron chi connectivity index (χ3n) is 4.53. The van der Waals surface area contributed by atoms with Crippen molar-refractivity contribution >= 4 is 11.8 Å².